The Bertz CT molecular complexity index is 506. The lowest BCUT2D eigenvalue weighted by Gasteiger charge is -2.17. The second-order valence-electron chi connectivity index (χ2n) is 4.36. The molecule has 2 N–H and O–H groups in total. The molecule has 1 fully saturated rings. The molecule has 0 spiro atoms. The Morgan fingerprint density at radius 2 is 2.18 bits per heavy atom. The van der Waals surface area contributed by atoms with Gasteiger partial charge < -0.3 is 10.6 Å². The van der Waals surface area contributed by atoms with E-state index in [-0.39, 0.29) is 16.5 Å². The molecule has 0 radical (unpaired) electrons. The van der Waals surface area contributed by atoms with Gasteiger partial charge in [-0.15, -0.1) is 0 Å². The van der Waals surface area contributed by atoms with Crippen molar-refractivity contribution >= 4 is 32.2 Å². The van der Waals surface area contributed by atoms with Crippen molar-refractivity contribution in [3.05, 3.63) is 0 Å². The minimum Gasteiger partial charge on any atom is -0.382 e. The summed E-state index contributed by atoms with van der Waals surface area (Å²) in [6.07, 6.45) is 2.81. The first kappa shape index (κ1) is 12.6. The van der Waals surface area contributed by atoms with Crippen LogP contribution < -0.4 is 10.6 Å². The first-order chi connectivity index (χ1) is 7.97. The lowest BCUT2D eigenvalue weighted by atomic mass is 10.5. The van der Waals surface area contributed by atoms with Gasteiger partial charge in [-0.3, -0.25) is 0 Å². The van der Waals surface area contributed by atoms with Crippen LogP contribution in [0.3, 0.4) is 0 Å². The average molecular weight is 275 g/mol. The number of nitrogens with two attached hydrogens (primary N) is 1. The fourth-order valence-corrected chi connectivity index (χ4v) is 4.61. The molecule has 2 rings (SSSR count). The standard InChI is InChI=1S/C10H17N3O2S2/c1-3-6-17(14,15)8-9(11)12-16-10(8)13(2)7-4-5-7/h7H,3-6H2,1-2H3,(H2,11,12). The van der Waals surface area contributed by atoms with Crippen molar-refractivity contribution in [1.29, 1.82) is 0 Å². The van der Waals surface area contributed by atoms with Crippen molar-refractivity contribution in [2.24, 2.45) is 0 Å². The minimum absolute atomic E-state index is 0.126. The lowest BCUT2D eigenvalue weighted by molar-refractivity contribution is 0.595. The molecule has 17 heavy (non-hydrogen) atoms. The Hall–Kier alpha value is -0.820. The maximum Gasteiger partial charge on any atom is 0.185 e. The Labute approximate surface area is 106 Å². The fourth-order valence-electron chi connectivity index (χ4n) is 1.80. The zero-order valence-electron chi connectivity index (χ0n) is 10.0. The lowest BCUT2D eigenvalue weighted by Crippen LogP contribution is -2.21. The summed E-state index contributed by atoms with van der Waals surface area (Å²) in [5.41, 5.74) is 5.71. The molecule has 0 aliphatic heterocycles. The quantitative estimate of drug-likeness (QED) is 0.881. The van der Waals surface area contributed by atoms with Gasteiger partial charge in [0.05, 0.1) is 5.75 Å². The van der Waals surface area contributed by atoms with E-state index in [1.54, 1.807) is 0 Å². The van der Waals surface area contributed by atoms with Gasteiger partial charge in [0, 0.05) is 13.1 Å². The largest absolute Gasteiger partial charge is 0.382 e. The summed E-state index contributed by atoms with van der Waals surface area (Å²) < 4.78 is 28.3. The van der Waals surface area contributed by atoms with Gasteiger partial charge in [-0.1, -0.05) is 6.92 Å². The SMILES string of the molecule is CCCS(=O)(=O)c1c(N)nsc1N(C)C1CC1. The molecule has 7 heteroatoms. The number of hydrogen-bond acceptors (Lipinski definition) is 6. The second-order valence-corrected chi connectivity index (χ2v) is 7.16. The molecule has 0 bridgehead atoms. The maximum absolute atomic E-state index is 12.1. The molecule has 0 saturated heterocycles. The summed E-state index contributed by atoms with van der Waals surface area (Å²) >= 11 is 1.18. The average Bonchev–Trinajstić information content (AvgIpc) is 3.00. The van der Waals surface area contributed by atoms with E-state index in [4.69, 9.17) is 5.73 Å². The van der Waals surface area contributed by atoms with Gasteiger partial charge in [0.1, 0.15) is 9.90 Å². The number of nitrogen functional groups attached to an aromatic ring is 1. The van der Waals surface area contributed by atoms with Crippen molar-refractivity contribution in [2.45, 2.75) is 37.1 Å². The third kappa shape index (κ3) is 2.40. The highest BCUT2D eigenvalue weighted by Crippen LogP contribution is 2.39. The molecule has 1 aromatic rings. The van der Waals surface area contributed by atoms with Crippen LogP contribution in [0, 0.1) is 0 Å². The van der Waals surface area contributed by atoms with Gasteiger partial charge in [-0.25, -0.2) is 8.42 Å². The van der Waals surface area contributed by atoms with Crippen LogP contribution >= 0.6 is 11.5 Å². The highest BCUT2D eigenvalue weighted by atomic mass is 32.2. The van der Waals surface area contributed by atoms with Crippen LogP contribution in [0.25, 0.3) is 0 Å². The Kier molecular flexibility index (Phi) is 3.31. The van der Waals surface area contributed by atoms with Crippen LogP contribution in [0.1, 0.15) is 26.2 Å². The van der Waals surface area contributed by atoms with E-state index in [0.29, 0.717) is 17.5 Å². The normalized spacial score (nSPS) is 16.1. The van der Waals surface area contributed by atoms with E-state index >= 15 is 0 Å². The molecule has 0 unspecified atom stereocenters. The van der Waals surface area contributed by atoms with Crippen molar-refractivity contribution in [3.8, 4) is 0 Å². The zero-order valence-corrected chi connectivity index (χ0v) is 11.6. The van der Waals surface area contributed by atoms with Gasteiger partial charge in [-0.2, -0.15) is 4.37 Å². The molecule has 1 heterocycles. The van der Waals surface area contributed by atoms with E-state index in [1.807, 2.05) is 18.9 Å². The van der Waals surface area contributed by atoms with Gasteiger partial charge in [0.25, 0.3) is 0 Å². The van der Waals surface area contributed by atoms with Crippen molar-refractivity contribution in [2.75, 3.05) is 23.4 Å². The topological polar surface area (TPSA) is 76.3 Å². The van der Waals surface area contributed by atoms with Gasteiger partial charge in [-0.05, 0) is 30.8 Å². The Balaban J connectivity index is 2.41. The smallest absolute Gasteiger partial charge is 0.185 e. The van der Waals surface area contributed by atoms with Crippen molar-refractivity contribution < 1.29 is 8.42 Å². The first-order valence-electron chi connectivity index (χ1n) is 5.68. The van der Waals surface area contributed by atoms with Crippen LogP contribution in [0.5, 0.6) is 0 Å². The van der Waals surface area contributed by atoms with Gasteiger partial charge >= 0.3 is 0 Å². The highest BCUT2D eigenvalue weighted by molar-refractivity contribution is 7.91. The molecule has 0 atom stereocenters. The molecular weight excluding hydrogens is 258 g/mol. The van der Waals surface area contributed by atoms with E-state index in [2.05, 4.69) is 4.37 Å². The number of nitrogens with zero attached hydrogens (tertiary/aromatic N) is 2. The predicted octanol–water partition coefficient (Wildman–Crippen LogP) is 1.51. The second kappa shape index (κ2) is 4.45. The number of rotatable bonds is 5. The molecule has 0 aromatic carbocycles. The maximum atomic E-state index is 12.1. The molecule has 1 saturated carbocycles. The summed E-state index contributed by atoms with van der Waals surface area (Å²) in [5, 5.41) is 0.693. The third-order valence-corrected chi connectivity index (χ3v) is 5.91. The zero-order chi connectivity index (χ0) is 12.6. The Morgan fingerprint density at radius 1 is 1.53 bits per heavy atom. The van der Waals surface area contributed by atoms with E-state index in [0.717, 1.165) is 12.8 Å². The van der Waals surface area contributed by atoms with Crippen LogP contribution in [0.2, 0.25) is 0 Å². The summed E-state index contributed by atoms with van der Waals surface area (Å²) in [6.45, 7) is 1.85. The summed E-state index contributed by atoms with van der Waals surface area (Å²) in [5.74, 6) is 0.271. The van der Waals surface area contributed by atoms with Gasteiger partial charge in [0.2, 0.25) is 0 Å². The van der Waals surface area contributed by atoms with Crippen LogP contribution in [-0.2, 0) is 9.84 Å². The summed E-state index contributed by atoms with van der Waals surface area (Å²) in [6, 6.07) is 0.449. The number of sulfone groups is 1. The number of hydrogen-bond donors (Lipinski definition) is 1. The summed E-state index contributed by atoms with van der Waals surface area (Å²) in [4.78, 5) is 2.23. The minimum atomic E-state index is -3.30. The third-order valence-electron chi connectivity index (χ3n) is 2.86. The van der Waals surface area contributed by atoms with E-state index in [9.17, 15) is 8.42 Å². The van der Waals surface area contributed by atoms with E-state index < -0.39 is 9.84 Å². The predicted molar refractivity (Wildman–Crippen MR) is 70.3 cm³/mol. The molecule has 1 aromatic heterocycles. The van der Waals surface area contributed by atoms with Crippen LogP contribution in [0.15, 0.2) is 4.90 Å². The highest BCUT2D eigenvalue weighted by Gasteiger charge is 2.33. The molecule has 1 aliphatic rings. The van der Waals surface area contributed by atoms with Crippen molar-refractivity contribution in [3.63, 3.8) is 0 Å². The van der Waals surface area contributed by atoms with Gasteiger partial charge in [0.15, 0.2) is 15.7 Å². The Morgan fingerprint density at radius 3 is 2.71 bits per heavy atom. The monoisotopic (exact) mass is 275 g/mol. The molecule has 0 amide bonds. The van der Waals surface area contributed by atoms with E-state index in [1.165, 1.54) is 11.5 Å². The summed E-state index contributed by atoms with van der Waals surface area (Å²) in [7, 11) is -1.39. The molecular formula is C10H17N3O2S2. The first-order valence-corrected chi connectivity index (χ1v) is 8.10. The van der Waals surface area contributed by atoms with Crippen LogP contribution in [0.4, 0.5) is 10.8 Å². The molecule has 96 valence electrons. The molecule has 1 aliphatic carbocycles. The van der Waals surface area contributed by atoms with Crippen LogP contribution in [-0.4, -0.2) is 31.6 Å². The van der Waals surface area contributed by atoms with Crippen molar-refractivity contribution in [1.82, 2.24) is 4.37 Å². The molecule has 5 nitrogen and oxygen atoms in total. The fraction of sp³-hybridized carbons (Fsp3) is 0.700. The number of aromatic nitrogens is 1. The number of anilines is 2.